The van der Waals surface area contributed by atoms with Gasteiger partial charge in [-0.15, -0.1) is 0 Å². The molecular weight excluding hydrogens is 500 g/mol. The highest BCUT2D eigenvalue weighted by molar-refractivity contribution is 5.69. The third-order valence-corrected chi connectivity index (χ3v) is 7.77. The molecule has 0 aliphatic rings. The first kappa shape index (κ1) is 38.9. The van der Waals surface area contributed by atoms with Gasteiger partial charge in [-0.3, -0.25) is 9.59 Å². The van der Waals surface area contributed by atoms with E-state index in [9.17, 15) is 14.7 Å². The Bertz CT molecular complexity index is 548. The summed E-state index contributed by atoms with van der Waals surface area (Å²) in [6.45, 7) is 6.61. The molecule has 0 spiro atoms. The average Bonchev–Trinajstić information content (AvgIpc) is 2.93. The Morgan fingerprint density at radius 2 is 0.800 bits per heavy atom. The maximum atomic E-state index is 11.9. The third kappa shape index (κ3) is 31.4. The van der Waals surface area contributed by atoms with Gasteiger partial charge in [0.15, 0.2) is 0 Å². The Labute approximate surface area is 248 Å². The van der Waals surface area contributed by atoms with Crippen LogP contribution in [-0.2, 0) is 19.1 Å². The van der Waals surface area contributed by atoms with Gasteiger partial charge < -0.3 is 14.6 Å². The van der Waals surface area contributed by atoms with Crippen LogP contribution in [-0.4, -0.2) is 36.4 Å². The zero-order valence-electron chi connectivity index (χ0n) is 27.0. The van der Waals surface area contributed by atoms with E-state index in [0.29, 0.717) is 12.8 Å². The van der Waals surface area contributed by atoms with Gasteiger partial charge in [-0.1, -0.05) is 162 Å². The highest BCUT2D eigenvalue weighted by atomic mass is 16.6. The molecule has 0 fully saturated rings. The van der Waals surface area contributed by atoms with E-state index in [1.165, 1.54) is 122 Å². The Kier molecular flexibility index (Phi) is 30.0. The van der Waals surface area contributed by atoms with Gasteiger partial charge in [0.05, 0.1) is 0 Å². The zero-order valence-corrected chi connectivity index (χ0v) is 27.0. The Morgan fingerprint density at radius 1 is 0.500 bits per heavy atom. The summed E-state index contributed by atoms with van der Waals surface area (Å²) < 4.78 is 10.3. The summed E-state index contributed by atoms with van der Waals surface area (Å²) in [4.78, 5) is 23.8. The summed E-state index contributed by atoms with van der Waals surface area (Å²) in [5.74, 6) is 0.251. The molecule has 0 saturated carbocycles. The van der Waals surface area contributed by atoms with E-state index in [2.05, 4.69) is 20.8 Å². The van der Waals surface area contributed by atoms with E-state index >= 15 is 0 Å². The van der Waals surface area contributed by atoms with Gasteiger partial charge >= 0.3 is 11.9 Å². The number of aliphatic hydroxyl groups is 1. The lowest BCUT2D eigenvalue weighted by Gasteiger charge is -2.12. The second kappa shape index (κ2) is 30.8. The molecule has 5 heteroatoms. The number of hydrogen-bond donors (Lipinski definition) is 1. The lowest BCUT2D eigenvalue weighted by atomic mass is 10.0. The van der Waals surface area contributed by atoms with Crippen LogP contribution in [0.4, 0.5) is 0 Å². The summed E-state index contributed by atoms with van der Waals surface area (Å²) in [5.41, 5.74) is 0. The zero-order chi connectivity index (χ0) is 29.5. The van der Waals surface area contributed by atoms with E-state index in [1.54, 1.807) is 0 Å². The minimum atomic E-state index is -0.954. The average molecular weight is 569 g/mol. The van der Waals surface area contributed by atoms with Crippen LogP contribution in [0.5, 0.6) is 0 Å². The molecule has 0 amide bonds. The highest BCUT2D eigenvalue weighted by Crippen LogP contribution is 2.15. The molecule has 0 aromatic rings. The van der Waals surface area contributed by atoms with Gasteiger partial charge in [0, 0.05) is 12.8 Å². The van der Waals surface area contributed by atoms with E-state index < -0.39 is 6.10 Å². The quantitative estimate of drug-likeness (QED) is 0.0665. The normalized spacial score (nSPS) is 12.1. The van der Waals surface area contributed by atoms with Gasteiger partial charge in [-0.25, -0.2) is 0 Å². The lowest BCUT2D eigenvalue weighted by molar-refractivity contribution is -0.152. The van der Waals surface area contributed by atoms with Crippen LogP contribution >= 0.6 is 0 Å². The van der Waals surface area contributed by atoms with Crippen molar-refractivity contribution in [3.63, 3.8) is 0 Å². The lowest BCUT2D eigenvalue weighted by Crippen LogP contribution is -2.25. The van der Waals surface area contributed by atoms with E-state index in [1.807, 2.05) is 0 Å². The van der Waals surface area contributed by atoms with Crippen LogP contribution in [0.1, 0.15) is 188 Å². The van der Waals surface area contributed by atoms with Crippen molar-refractivity contribution in [3.8, 4) is 0 Å². The van der Waals surface area contributed by atoms with Crippen molar-refractivity contribution in [2.24, 2.45) is 5.92 Å². The molecule has 40 heavy (non-hydrogen) atoms. The molecule has 0 heterocycles. The molecule has 0 aromatic heterocycles. The van der Waals surface area contributed by atoms with Crippen molar-refractivity contribution in [1.82, 2.24) is 0 Å². The fraction of sp³-hybridized carbons (Fsp3) is 0.943. The van der Waals surface area contributed by atoms with Crippen molar-refractivity contribution in [2.45, 2.75) is 194 Å². The molecule has 1 atom stereocenters. The predicted molar refractivity (Wildman–Crippen MR) is 168 cm³/mol. The van der Waals surface area contributed by atoms with Gasteiger partial charge in [-0.2, -0.15) is 0 Å². The molecule has 0 aliphatic heterocycles. The van der Waals surface area contributed by atoms with E-state index in [-0.39, 0.29) is 25.2 Å². The summed E-state index contributed by atoms with van der Waals surface area (Å²) >= 11 is 0. The van der Waals surface area contributed by atoms with Gasteiger partial charge in [0.2, 0.25) is 0 Å². The van der Waals surface area contributed by atoms with Gasteiger partial charge in [0.25, 0.3) is 0 Å². The molecule has 1 N–H and O–H groups in total. The minimum absolute atomic E-state index is 0.109. The Balaban J connectivity index is 3.40. The van der Waals surface area contributed by atoms with Crippen molar-refractivity contribution in [1.29, 1.82) is 0 Å². The number of esters is 2. The molecule has 5 nitrogen and oxygen atoms in total. The van der Waals surface area contributed by atoms with E-state index in [4.69, 9.17) is 9.47 Å². The molecule has 0 radical (unpaired) electrons. The first-order valence-corrected chi connectivity index (χ1v) is 17.4. The molecule has 0 bridgehead atoms. The van der Waals surface area contributed by atoms with Crippen LogP contribution in [0.25, 0.3) is 0 Å². The van der Waals surface area contributed by atoms with Crippen LogP contribution in [0.3, 0.4) is 0 Å². The van der Waals surface area contributed by atoms with E-state index in [0.717, 1.165) is 38.0 Å². The van der Waals surface area contributed by atoms with Crippen molar-refractivity contribution < 1.29 is 24.2 Å². The van der Waals surface area contributed by atoms with Gasteiger partial charge in [-0.05, 0) is 18.8 Å². The SMILES string of the molecule is CCCCCCCCCCCCCCCCCC(=O)OC[C@@H](O)COC(=O)CCCCCCCCCCC(C)C. The maximum Gasteiger partial charge on any atom is 0.305 e. The van der Waals surface area contributed by atoms with Crippen LogP contribution in [0.15, 0.2) is 0 Å². The Morgan fingerprint density at radius 3 is 1.12 bits per heavy atom. The standard InChI is InChI=1S/C35H68O5/c1-4-5-6-7-8-9-10-11-12-13-14-15-19-22-25-28-34(37)39-30-33(36)31-40-35(38)29-26-23-20-17-16-18-21-24-27-32(2)3/h32-33,36H,4-31H2,1-3H3/t33-/m1/s1. The van der Waals surface area contributed by atoms with Crippen LogP contribution < -0.4 is 0 Å². The Hall–Kier alpha value is -1.10. The molecule has 238 valence electrons. The smallest absolute Gasteiger partial charge is 0.305 e. The number of carbonyl (C=O) groups excluding carboxylic acids is 2. The summed E-state index contributed by atoms with van der Waals surface area (Å²) in [6, 6.07) is 0. The number of rotatable bonds is 31. The number of unbranched alkanes of at least 4 members (excludes halogenated alkanes) is 21. The number of hydrogen-bond acceptors (Lipinski definition) is 5. The van der Waals surface area contributed by atoms with Gasteiger partial charge in [0.1, 0.15) is 19.3 Å². The highest BCUT2D eigenvalue weighted by Gasteiger charge is 2.12. The van der Waals surface area contributed by atoms with Crippen LogP contribution in [0, 0.1) is 5.92 Å². The first-order valence-electron chi connectivity index (χ1n) is 17.4. The number of ether oxygens (including phenoxy) is 2. The van der Waals surface area contributed by atoms with Crippen molar-refractivity contribution in [3.05, 3.63) is 0 Å². The second-order valence-electron chi connectivity index (χ2n) is 12.5. The maximum absolute atomic E-state index is 11.9. The molecule has 0 unspecified atom stereocenters. The second-order valence-corrected chi connectivity index (χ2v) is 12.5. The summed E-state index contributed by atoms with van der Waals surface area (Å²) in [7, 11) is 0. The predicted octanol–water partition coefficient (Wildman–Crippen LogP) is 10.3. The topological polar surface area (TPSA) is 72.8 Å². The fourth-order valence-corrected chi connectivity index (χ4v) is 5.09. The number of carbonyl (C=O) groups is 2. The minimum Gasteiger partial charge on any atom is -0.463 e. The van der Waals surface area contributed by atoms with Crippen molar-refractivity contribution in [2.75, 3.05) is 13.2 Å². The number of aliphatic hydroxyl groups excluding tert-OH is 1. The molecule has 0 aromatic carbocycles. The molecule has 0 aliphatic carbocycles. The third-order valence-electron chi connectivity index (χ3n) is 7.77. The summed E-state index contributed by atoms with van der Waals surface area (Å²) in [6.07, 6.45) is 30.1. The monoisotopic (exact) mass is 569 g/mol. The largest absolute Gasteiger partial charge is 0.463 e. The molecular formula is C35H68O5. The fourth-order valence-electron chi connectivity index (χ4n) is 5.09. The van der Waals surface area contributed by atoms with Crippen molar-refractivity contribution >= 4 is 11.9 Å². The first-order chi connectivity index (χ1) is 19.5. The van der Waals surface area contributed by atoms with Crippen LogP contribution in [0.2, 0.25) is 0 Å². The molecule has 0 rings (SSSR count). The molecule has 0 saturated heterocycles. The summed E-state index contributed by atoms with van der Waals surface area (Å²) in [5, 5.41) is 9.96.